The molecule has 1 amide bonds. The second-order valence-corrected chi connectivity index (χ2v) is 6.25. The Hall–Kier alpha value is -2.08. The highest BCUT2D eigenvalue weighted by atomic mass is 32.2. The highest BCUT2D eigenvalue weighted by molar-refractivity contribution is 7.90. The zero-order valence-electron chi connectivity index (χ0n) is 10.3. The number of amides is 1. The molecule has 1 aromatic carbocycles. The molecule has 6 heteroatoms. The van der Waals surface area contributed by atoms with Gasteiger partial charge in [-0.3, -0.25) is 4.79 Å². The van der Waals surface area contributed by atoms with Crippen molar-refractivity contribution < 1.29 is 13.2 Å². The van der Waals surface area contributed by atoms with Gasteiger partial charge in [0.25, 0.3) is 15.9 Å². The molecule has 3 rings (SSSR count). The van der Waals surface area contributed by atoms with Crippen LogP contribution in [0.15, 0.2) is 47.5 Å². The lowest BCUT2D eigenvalue weighted by Gasteiger charge is -2.23. The average Bonchev–Trinajstić information content (AvgIpc) is 2.87. The molecule has 0 aliphatic carbocycles. The summed E-state index contributed by atoms with van der Waals surface area (Å²) < 4.78 is 26.2. The normalized spacial score (nSPS) is 17.3. The lowest BCUT2D eigenvalue weighted by molar-refractivity contribution is 0.0775. The Balaban J connectivity index is 2.37. The van der Waals surface area contributed by atoms with Crippen LogP contribution in [0.4, 0.5) is 0 Å². The fourth-order valence-corrected chi connectivity index (χ4v) is 3.81. The minimum absolute atomic E-state index is 0.164. The fraction of sp³-hybridized carbons (Fsp3) is 0.154. The highest BCUT2D eigenvalue weighted by Crippen LogP contribution is 2.25. The number of rotatable bonds is 0. The van der Waals surface area contributed by atoms with Crippen molar-refractivity contribution >= 4 is 15.9 Å². The lowest BCUT2D eigenvalue weighted by Crippen LogP contribution is -2.33. The summed E-state index contributed by atoms with van der Waals surface area (Å²) in [5, 5.41) is 0. The second-order valence-electron chi connectivity index (χ2n) is 4.46. The van der Waals surface area contributed by atoms with Crippen molar-refractivity contribution in [3.05, 3.63) is 53.9 Å². The first kappa shape index (κ1) is 12.0. The summed E-state index contributed by atoms with van der Waals surface area (Å²) in [6, 6.07) is 9.83. The first-order chi connectivity index (χ1) is 9.01. The Kier molecular flexibility index (Phi) is 2.50. The maximum absolute atomic E-state index is 12.6. The number of nitrogens with zero attached hydrogens (tertiary/aromatic N) is 2. The van der Waals surface area contributed by atoms with Crippen molar-refractivity contribution in [2.75, 3.05) is 7.05 Å². The van der Waals surface area contributed by atoms with Crippen LogP contribution >= 0.6 is 0 Å². The summed E-state index contributed by atoms with van der Waals surface area (Å²) in [4.78, 5) is 13.9. The molecule has 1 aromatic heterocycles. The standard InChI is InChI=1S/C13H12N2O3S/c1-14-9-10-5-2-3-7-12(10)19(17,18)15-8-4-6-11(15)13(14)16/h2-8H,9H2,1H3. The van der Waals surface area contributed by atoms with Crippen LogP contribution in [0.3, 0.4) is 0 Å². The Morgan fingerprint density at radius 2 is 1.84 bits per heavy atom. The molecule has 2 heterocycles. The summed E-state index contributed by atoms with van der Waals surface area (Å²) in [5.41, 5.74) is 0.787. The number of aromatic nitrogens is 1. The molecular formula is C13H12N2O3S. The van der Waals surface area contributed by atoms with Crippen molar-refractivity contribution in [3.63, 3.8) is 0 Å². The van der Waals surface area contributed by atoms with E-state index in [-0.39, 0.29) is 23.0 Å². The topological polar surface area (TPSA) is 59.4 Å². The van der Waals surface area contributed by atoms with Gasteiger partial charge in [0, 0.05) is 19.8 Å². The summed E-state index contributed by atoms with van der Waals surface area (Å²) in [5.74, 6) is -0.303. The van der Waals surface area contributed by atoms with E-state index in [0.717, 1.165) is 3.97 Å². The van der Waals surface area contributed by atoms with Crippen LogP contribution in [-0.4, -0.2) is 30.2 Å². The quantitative estimate of drug-likeness (QED) is 0.729. The maximum atomic E-state index is 12.6. The summed E-state index contributed by atoms with van der Waals surface area (Å²) in [6.07, 6.45) is 1.40. The van der Waals surface area contributed by atoms with Gasteiger partial charge in [0.15, 0.2) is 0 Å². The summed E-state index contributed by atoms with van der Waals surface area (Å²) in [6.45, 7) is 0.277. The molecular weight excluding hydrogens is 264 g/mol. The first-order valence-corrected chi connectivity index (χ1v) is 7.22. The van der Waals surface area contributed by atoms with Crippen molar-refractivity contribution in [3.8, 4) is 0 Å². The van der Waals surface area contributed by atoms with Gasteiger partial charge >= 0.3 is 0 Å². The molecule has 0 N–H and O–H groups in total. The van der Waals surface area contributed by atoms with Crippen LogP contribution in [-0.2, 0) is 16.6 Å². The monoisotopic (exact) mass is 276 g/mol. The molecule has 0 saturated carbocycles. The summed E-state index contributed by atoms with van der Waals surface area (Å²) >= 11 is 0. The van der Waals surface area contributed by atoms with Crippen LogP contribution < -0.4 is 0 Å². The minimum atomic E-state index is -3.70. The van der Waals surface area contributed by atoms with Gasteiger partial charge in [-0.05, 0) is 23.8 Å². The molecule has 0 atom stereocenters. The zero-order chi connectivity index (χ0) is 13.6. The van der Waals surface area contributed by atoms with E-state index < -0.39 is 10.0 Å². The molecule has 0 saturated heterocycles. The third-order valence-corrected chi connectivity index (χ3v) is 4.99. The van der Waals surface area contributed by atoms with Gasteiger partial charge in [-0.2, -0.15) is 0 Å². The van der Waals surface area contributed by atoms with Gasteiger partial charge in [0.05, 0.1) is 4.90 Å². The van der Waals surface area contributed by atoms with Crippen LogP contribution in [0.25, 0.3) is 0 Å². The second kappa shape index (κ2) is 3.96. The van der Waals surface area contributed by atoms with E-state index in [1.165, 1.54) is 17.2 Å². The molecule has 1 aliphatic rings. The minimum Gasteiger partial charge on any atom is -0.336 e. The Morgan fingerprint density at radius 3 is 2.63 bits per heavy atom. The van der Waals surface area contributed by atoms with Crippen molar-refractivity contribution in [2.45, 2.75) is 11.4 Å². The van der Waals surface area contributed by atoms with E-state index >= 15 is 0 Å². The van der Waals surface area contributed by atoms with Gasteiger partial charge in [-0.15, -0.1) is 0 Å². The van der Waals surface area contributed by atoms with Crippen LogP contribution in [0.1, 0.15) is 16.1 Å². The molecule has 0 unspecified atom stereocenters. The number of benzene rings is 1. The van der Waals surface area contributed by atoms with Crippen molar-refractivity contribution in [1.82, 2.24) is 8.87 Å². The number of carbonyl (C=O) groups is 1. The van der Waals surface area contributed by atoms with E-state index in [1.807, 2.05) is 0 Å². The van der Waals surface area contributed by atoms with E-state index in [9.17, 15) is 13.2 Å². The third kappa shape index (κ3) is 1.67. The molecule has 1 aliphatic heterocycles. The van der Waals surface area contributed by atoms with E-state index in [4.69, 9.17) is 0 Å². The molecule has 98 valence electrons. The molecule has 2 aromatic rings. The number of carbonyl (C=O) groups excluding carboxylic acids is 1. The number of fused-ring (bicyclic) bond motifs is 2. The van der Waals surface area contributed by atoms with Gasteiger partial charge in [-0.25, -0.2) is 12.4 Å². The molecule has 0 radical (unpaired) electrons. The van der Waals surface area contributed by atoms with Gasteiger partial charge in [0.2, 0.25) is 0 Å². The molecule has 5 nitrogen and oxygen atoms in total. The van der Waals surface area contributed by atoms with E-state index in [1.54, 1.807) is 37.4 Å². The molecule has 0 spiro atoms. The van der Waals surface area contributed by atoms with Crippen LogP contribution in [0, 0.1) is 0 Å². The number of hydrogen-bond acceptors (Lipinski definition) is 3. The third-order valence-electron chi connectivity index (χ3n) is 3.20. The Morgan fingerprint density at radius 1 is 1.11 bits per heavy atom. The number of hydrogen-bond donors (Lipinski definition) is 0. The van der Waals surface area contributed by atoms with Gasteiger partial charge < -0.3 is 4.90 Å². The van der Waals surface area contributed by atoms with Gasteiger partial charge in [0.1, 0.15) is 5.69 Å². The predicted molar refractivity (Wildman–Crippen MR) is 69.3 cm³/mol. The van der Waals surface area contributed by atoms with E-state index in [2.05, 4.69) is 0 Å². The average molecular weight is 276 g/mol. The Labute approximate surface area is 111 Å². The predicted octanol–water partition coefficient (Wildman–Crippen LogP) is 1.31. The van der Waals surface area contributed by atoms with Crippen molar-refractivity contribution in [1.29, 1.82) is 0 Å². The highest BCUT2D eigenvalue weighted by Gasteiger charge is 2.29. The Bertz CT molecular complexity index is 762. The van der Waals surface area contributed by atoms with Crippen LogP contribution in [0.5, 0.6) is 0 Å². The fourth-order valence-electron chi connectivity index (χ4n) is 2.26. The molecule has 19 heavy (non-hydrogen) atoms. The van der Waals surface area contributed by atoms with Crippen LogP contribution in [0.2, 0.25) is 0 Å². The first-order valence-electron chi connectivity index (χ1n) is 5.78. The maximum Gasteiger partial charge on any atom is 0.271 e. The zero-order valence-corrected chi connectivity index (χ0v) is 11.1. The molecule has 0 fully saturated rings. The van der Waals surface area contributed by atoms with E-state index in [0.29, 0.717) is 5.56 Å². The van der Waals surface area contributed by atoms with Gasteiger partial charge in [-0.1, -0.05) is 18.2 Å². The van der Waals surface area contributed by atoms with Crippen molar-refractivity contribution in [2.24, 2.45) is 0 Å². The smallest absolute Gasteiger partial charge is 0.271 e. The summed E-state index contributed by atoms with van der Waals surface area (Å²) in [7, 11) is -2.04. The largest absolute Gasteiger partial charge is 0.336 e. The SMILES string of the molecule is CN1Cc2ccccc2S(=O)(=O)n2cccc2C1=O. The lowest BCUT2D eigenvalue weighted by atomic mass is 10.2. The molecule has 0 bridgehead atoms.